The molecule has 0 amide bonds. The van der Waals surface area contributed by atoms with Crippen LogP contribution in [-0.4, -0.2) is 57.3 Å². The van der Waals surface area contributed by atoms with Crippen LogP contribution >= 0.6 is 0 Å². The highest BCUT2D eigenvalue weighted by molar-refractivity contribution is 7.87. The van der Waals surface area contributed by atoms with E-state index in [1.807, 2.05) is 0 Å². The second-order valence-electron chi connectivity index (χ2n) is 4.77. The second kappa shape index (κ2) is 7.40. The normalized spacial score (nSPS) is 20.2. The average Bonchev–Trinajstić information content (AvgIpc) is 2.38. The van der Waals surface area contributed by atoms with Crippen molar-refractivity contribution < 1.29 is 18.3 Å². The third-order valence-electron chi connectivity index (χ3n) is 3.37. The van der Waals surface area contributed by atoms with Gasteiger partial charge in [0.1, 0.15) is 0 Å². The van der Waals surface area contributed by atoms with Crippen molar-refractivity contribution in [3.63, 3.8) is 0 Å². The number of rotatable bonds is 7. The molecule has 1 aliphatic rings. The summed E-state index contributed by atoms with van der Waals surface area (Å²) in [6.45, 7) is -0.111. The summed E-state index contributed by atoms with van der Waals surface area (Å²) in [5, 5.41) is 9.09. The molecule has 0 aromatic heterocycles. The van der Waals surface area contributed by atoms with Crippen LogP contribution in [0, 0.1) is 0 Å². The molecule has 2 N–H and O–H groups in total. The Kier molecular flexibility index (Phi) is 6.51. The van der Waals surface area contributed by atoms with Crippen LogP contribution in [0.1, 0.15) is 32.1 Å². The summed E-state index contributed by atoms with van der Waals surface area (Å²) in [5.74, 6) is 0. The molecule has 0 radical (unpaired) electrons. The minimum Gasteiger partial charge on any atom is -0.395 e. The van der Waals surface area contributed by atoms with Crippen LogP contribution in [0.4, 0.5) is 0 Å². The van der Waals surface area contributed by atoms with Crippen LogP contribution < -0.4 is 4.72 Å². The average molecular weight is 280 g/mol. The van der Waals surface area contributed by atoms with E-state index >= 15 is 0 Å². The van der Waals surface area contributed by atoms with Crippen molar-refractivity contribution in [2.75, 3.05) is 27.4 Å². The van der Waals surface area contributed by atoms with Crippen molar-refractivity contribution in [2.24, 2.45) is 0 Å². The van der Waals surface area contributed by atoms with E-state index in [0.29, 0.717) is 0 Å². The third kappa shape index (κ3) is 4.47. The molecule has 1 atom stereocenters. The lowest BCUT2D eigenvalue weighted by Crippen LogP contribution is -2.50. The fourth-order valence-corrected chi connectivity index (χ4v) is 3.59. The molecular weight excluding hydrogens is 256 g/mol. The Hall–Kier alpha value is -0.210. The Morgan fingerprint density at radius 2 is 2.00 bits per heavy atom. The fourth-order valence-electron chi connectivity index (χ4n) is 2.26. The number of ether oxygens (including phenoxy) is 1. The first-order valence-electron chi connectivity index (χ1n) is 6.36. The van der Waals surface area contributed by atoms with E-state index < -0.39 is 16.3 Å². The molecule has 0 heterocycles. The zero-order valence-electron chi connectivity index (χ0n) is 11.1. The van der Waals surface area contributed by atoms with Crippen molar-refractivity contribution in [1.82, 2.24) is 9.03 Å². The van der Waals surface area contributed by atoms with Gasteiger partial charge < -0.3 is 9.84 Å². The van der Waals surface area contributed by atoms with Crippen molar-refractivity contribution >= 4 is 10.2 Å². The van der Waals surface area contributed by atoms with E-state index in [2.05, 4.69) is 4.72 Å². The highest BCUT2D eigenvalue weighted by atomic mass is 32.2. The minimum atomic E-state index is -3.55. The Morgan fingerprint density at radius 1 is 1.39 bits per heavy atom. The van der Waals surface area contributed by atoms with Gasteiger partial charge in [-0.2, -0.15) is 17.4 Å². The highest BCUT2D eigenvalue weighted by Crippen LogP contribution is 2.23. The van der Waals surface area contributed by atoms with E-state index in [-0.39, 0.29) is 19.3 Å². The number of methoxy groups -OCH3 is 1. The molecule has 0 spiro atoms. The molecule has 1 aliphatic carbocycles. The van der Waals surface area contributed by atoms with Gasteiger partial charge in [-0.25, -0.2) is 0 Å². The number of aliphatic hydroxyl groups is 1. The van der Waals surface area contributed by atoms with Crippen LogP contribution in [0.2, 0.25) is 0 Å². The summed E-state index contributed by atoms with van der Waals surface area (Å²) in [4.78, 5) is 0. The zero-order chi connectivity index (χ0) is 13.6. The maximum absolute atomic E-state index is 12.1. The van der Waals surface area contributed by atoms with Gasteiger partial charge in [0, 0.05) is 20.2 Å². The topological polar surface area (TPSA) is 78.9 Å². The Bertz CT molecular complexity index is 328. The van der Waals surface area contributed by atoms with Crippen molar-refractivity contribution in [1.29, 1.82) is 0 Å². The third-order valence-corrected chi connectivity index (χ3v) is 5.06. The van der Waals surface area contributed by atoms with E-state index in [9.17, 15) is 8.42 Å². The molecule has 0 saturated heterocycles. The number of nitrogens with one attached hydrogen (secondary N) is 1. The van der Waals surface area contributed by atoms with Crippen LogP contribution in [-0.2, 0) is 14.9 Å². The first kappa shape index (κ1) is 15.8. The van der Waals surface area contributed by atoms with Crippen molar-refractivity contribution in [2.45, 2.75) is 44.2 Å². The van der Waals surface area contributed by atoms with Crippen molar-refractivity contribution in [3.8, 4) is 0 Å². The summed E-state index contributed by atoms with van der Waals surface area (Å²) in [6, 6.07) is -0.524. The molecule has 108 valence electrons. The van der Waals surface area contributed by atoms with Crippen LogP contribution in [0.5, 0.6) is 0 Å². The molecule has 6 nitrogen and oxygen atoms in total. The molecule has 1 fully saturated rings. The van der Waals surface area contributed by atoms with E-state index in [0.717, 1.165) is 25.7 Å². The lowest BCUT2D eigenvalue weighted by Gasteiger charge is -2.31. The smallest absolute Gasteiger partial charge is 0.279 e. The lowest BCUT2D eigenvalue weighted by atomic mass is 9.96. The minimum absolute atomic E-state index is 0.0677. The first-order chi connectivity index (χ1) is 8.51. The molecule has 0 bridgehead atoms. The van der Waals surface area contributed by atoms with Gasteiger partial charge in [0.25, 0.3) is 10.2 Å². The molecule has 0 aliphatic heterocycles. The maximum Gasteiger partial charge on any atom is 0.279 e. The lowest BCUT2D eigenvalue weighted by molar-refractivity contribution is 0.137. The summed E-state index contributed by atoms with van der Waals surface area (Å²) in [6.07, 6.45) is 5.15. The van der Waals surface area contributed by atoms with E-state index in [1.165, 1.54) is 17.8 Å². The highest BCUT2D eigenvalue weighted by Gasteiger charge is 2.29. The van der Waals surface area contributed by atoms with Gasteiger partial charge in [0.15, 0.2) is 0 Å². The molecule has 0 aromatic rings. The molecule has 1 unspecified atom stereocenters. The Morgan fingerprint density at radius 3 is 2.50 bits per heavy atom. The largest absolute Gasteiger partial charge is 0.395 e. The molecule has 7 heteroatoms. The standard InChI is InChI=1S/C11H24N2O4S/c1-13(11-6-4-3-5-7-11)18(15,16)12-10(8-14)9-17-2/h10-12,14H,3-9H2,1-2H3. The molecule has 1 saturated carbocycles. The van der Waals surface area contributed by atoms with Gasteiger partial charge in [-0.1, -0.05) is 19.3 Å². The molecule has 0 aromatic carbocycles. The Labute approximate surface area is 109 Å². The molecule has 18 heavy (non-hydrogen) atoms. The monoisotopic (exact) mass is 280 g/mol. The summed E-state index contributed by atoms with van der Waals surface area (Å²) >= 11 is 0. The van der Waals surface area contributed by atoms with Crippen LogP contribution in [0.15, 0.2) is 0 Å². The van der Waals surface area contributed by atoms with Crippen LogP contribution in [0.25, 0.3) is 0 Å². The second-order valence-corrected chi connectivity index (χ2v) is 6.53. The number of aliphatic hydroxyl groups excluding tert-OH is 1. The van der Waals surface area contributed by atoms with Gasteiger partial charge >= 0.3 is 0 Å². The predicted octanol–water partition coefficient (Wildman–Crippen LogP) is 0.0926. The predicted molar refractivity (Wildman–Crippen MR) is 69.4 cm³/mol. The number of nitrogens with zero attached hydrogens (tertiary/aromatic N) is 1. The Balaban J connectivity index is 2.60. The van der Waals surface area contributed by atoms with E-state index in [4.69, 9.17) is 9.84 Å². The summed E-state index contributed by atoms with van der Waals surface area (Å²) in [7, 11) is -0.479. The first-order valence-corrected chi connectivity index (χ1v) is 7.80. The summed E-state index contributed by atoms with van der Waals surface area (Å²) in [5.41, 5.74) is 0. The van der Waals surface area contributed by atoms with E-state index in [1.54, 1.807) is 7.05 Å². The maximum atomic E-state index is 12.1. The molecule has 1 rings (SSSR count). The number of hydrogen-bond donors (Lipinski definition) is 2. The van der Waals surface area contributed by atoms with Gasteiger partial charge in [-0.3, -0.25) is 0 Å². The van der Waals surface area contributed by atoms with Gasteiger partial charge in [0.2, 0.25) is 0 Å². The number of hydrogen-bond acceptors (Lipinski definition) is 4. The SMILES string of the molecule is COCC(CO)NS(=O)(=O)N(C)C1CCCCC1. The fraction of sp³-hybridized carbons (Fsp3) is 1.00. The summed E-state index contributed by atoms with van der Waals surface area (Å²) < 4.78 is 33.0. The van der Waals surface area contributed by atoms with Crippen LogP contribution in [0.3, 0.4) is 0 Å². The van der Waals surface area contributed by atoms with Crippen molar-refractivity contribution in [3.05, 3.63) is 0 Å². The zero-order valence-corrected chi connectivity index (χ0v) is 11.9. The van der Waals surface area contributed by atoms with Gasteiger partial charge in [-0.15, -0.1) is 0 Å². The van der Waals surface area contributed by atoms with Gasteiger partial charge in [-0.05, 0) is 12.8 Å². The van der Waals surface area contributed by atoms with Gasteiger partial charge in [0.05, 0.1) is 19.3 Å². The molecular formula is C11H24N2O4S. The quantitative estimate of drug-likeness (QED) is 0.693.